The molecule has 1 nitrogen and oxygen atoms in total. The van der Waals surface area contributed by atoms with Gasteiger partial charge in [-0.15, -0.1) is 0 Å². The highest BCUT2D eigenvalue weighted by molar-refractivity contribution is 6.25. The largest absolute Gasteiger partial charge is 0.309 e. The first-order valence-electron chi connectivity index (χ1n) is 19.7. The molecule has 1 heteroatoms. The van der Waals surface area contributed by atoms with Crippen molar-refractivity contribution in [2.24, 2.45) is 0 Å². The van der Waals surface area contributed by atoms with Crippen LogP contribution in [-0.4, -0.2) is 4.57 Å². The third-order valence-electron chi connectivity index (χ3n) is 12.6. The number of fused-ring (bicyclic) bond motifs is 12. The minimum absolute atomic E-state index is 0.143. The van der Waals surface area contributed by atoms with E-state index in [4.69, 9.17) is 0 Å². The Morgan fingerprint density at radius 3 is 1.67 bits per heavy atom. The third kappa shape index (κ3) is 5.00. The lowest BCUT2D eigenvalue weighted by molar-refractivity contribution is 0.652. The molecule has 1 aliphatic rings. The van der Waals surface area contributed by atoms with Gasteiger partial charge >= 0.3 is 0 Å². The van der Waals surface area contributed by atoms with E-state index in [0.717, 1.165) is 12.8 Å². The first kappa shape index (κ1) is 32.0. The smallest absolute Gasteiger partial charge is 0.0544 e. The van der Waals surface area contributed by atoms with E-state index in [1.54, 1.807) is 0 Å². The fraction of sp³-hybridized carbons (Fsp3) is 0.111. The average Bonchev–Trinajstić information content (AvgIpc) is 3.67. The Labute approximate surface area is 322 Å². The van der Waals surface area contributed by atoms with Gasteiger partial charge in [-0.05, 0) is 120 Å². The monoisotopic (exact) mass is 703 g/mol. The normalized spacial score (nSPS) is 13.9. The average molecular weight is 704 g/mol. The van der Waals surface area contributed by atoms with Crippen molar-refractivity contribution in [3.05, 3.63) is 210 Å². The Bertz CT molecular complexity index is 3070. The van der Waals surface area contributed by atoms with E-state index in [2.05, 4.69) is 200 Å². The number of benzene rings is 9. The SMILES string of the molecule is CC1(C)c2cc(CC(Cc3ccccc3)c3ccccc3)ccc2-c2cc3c4ccccc4n(-c4ccc5c6ccccc6c6ccccc6c5c4)c3cc21. The fourth-order valence-electron chi connectivity index (χ4n) is 9.90. The summed E-state index contributed by atoms with van der Waals surface area (Å²) in [5, 5.41) is 10.4. The minimum Gasteiger partial charge on any atom is -0.309 e. The maximum absolute atomic E-state index is 2.52. The highest BCUT2D eigenvalue weighted by Crippen LogP contribution is 2.51. The van der Waals surface area contributed by atoms with Crippen LogP contribution < -0.4 is 0 Å². The third-order valence-corrected chi connectivity index (χ3v) is 12.6. The molecule has 0 saturated heterocycles. The van der Waals surface area contributed by atoms with E-state index in [9.17, 15) is 0 Å². The van der Waals surface area contributed by atoms with Crippen LogP contribution in [0.1, 0.15) is 47.6 Å². The molecule has 11 rings (SSSR count). The number of para-hydroxylation sites is 1. The van der Waals surface area contributed by atoms with Gasteiger partial charge < -0.3 is 4.57 Å². The predicted molar refractivity (Wildman–Crippen MR) is 234 cm³/mol. The molecule has 55 heavy (non-hydrogen) atoms. The highest BCUT2D eigenvalue weighted by Gasteiger charge is 2.37. The topological polar surface area (TPSA) is 4.93 Å². The molecule has 0 spiro atoms. The second kappa shape index (κ2) is 12.3. The van der Waals surface area contributed by atoms with Gasteiger partial charge in [-0.25, -0.2) is 0 Å². The van der Waals surface area contributed by atoms with Crippen molar-refractivity contribution in [1.82, 2.24) is 4.57 Å². The van der Waals surface area contributed by atoms with Gasteiger partial charge in [0, 0.05) is 21.9 Å². The summed E-state index contributed by atoms with van der Waals surface area (Å²) in [5.74, 6) is 0.402. The Hall–Kier alpha value is -6.44. The number of rotatable bonds is 6. The number of hydrogen-bond acceptors (Lipinski definition) is 0. The van der Waals surface area contributed by atoms with Gasteiger partial charge in [0.15, 0.2) is 0 Å². The van der Waals surface area contributed by atoms with Gasteiger partial charge in [0.1, 0.15) is 0 Å². The van der Waals surface area contributed by atoms with Crippen LogP contribution in [0.15, 0.2) is 182 Å². The van der Waals surface area contributed by atoms with Gasteiger partial charge in [0.05, 0.1) is 11.0 Å². The molecule has 1 unspecified atom stereocenters. The molecule has 1 atom stereocenters. The second-order valence-electron chi connectivity index (χ2n) is 16.1. The molecule has 0 fully saturated rings. The van der Waals surface area contributed by atoms with E-state index in [1.165, 1.54) is 98.8 Å². The van der Waals surface area contributed by atoms with Crippen molar-refractivity contribution < 1.29 is 0 Å². The van der Waals surface area contributed by atoms with E-state index in [-0.39, 0.29) is 5.41 Å². The van der Waals surface area contributed by atoms with E-state index in [1.807, 2.05) is 0 Å². The zero-order valence-corrected chi connectivity index (χ0v) is 31.3. The molecule has 1 aromatic heterocycles. The van der Waals surface area contributed by atoms with Crippen molar-refractivity contribution in [1.29, 1.82) is 0 Å². The summed E-state index contributed by atoms with van der Waals surface area (Å²) >= 11 is 0. The Balaban J connectivity index is 1.06. The maximum atomic E-state index is 2.52. The van der Waals surface area contributed by atoms with Crippen molar-refractivity contribution in [3.8, 4) is 16.8 Å². The summed E-state index contributed by atoms with van der Waals surface area (Å²) in [5.41, 5.74) is 13.3. The molecule has 0 amide bonds. The fourth-order valence-corrected chi connectivity index (χ4v) is 9.90. The van der Waals surface area contributed by atoms with Crippen LogP contribution in [0.25, 0.3) is 70.9 Å². The van der Waals surface area contributed by atoms with Crippen LogP contribution in [-0.2, 0) is 18.3 Å². The van der Waals surface area contributed by atoms with E-state index in [0.29, 0.717) is 5.92 Å². The minimum atomic E-state index is -0.143. The van der Waals surface area contributed by atoms with Crippen LogP contribution >= 0.6 is 0 Å². The first-order valence-corrected chi connectivity index (χ1v) is 19.7. The van der Waals surface area contributed by atoms with Gasteiger partial charge in [-0.2, -0.15) is 0 Å². The molecule has 10 aromatic rings. The molecule has 0 N–H and O–H groups in total. The van der Waals surface area contributed by atoms with Crippen LogP contribution in [0.3, 0.4) is 0 Å². The molecule has 262 valence electrons. The van der Waals surface area contributed by atoms with Crippen molar-refractivity contribution in [2.45, 2.75) is 38.0 Å². The summed E-state index contributed by atoms with van der Waals surface area (Å²) < 4.78 is 2.51. The van der Waals surface area contributed by atoms with Gasteiger partial charge in [0.2, 0.25) is 0 Å². The van der Waals surface area contributed by atoms with Crippen molar-refractivity contribution in [3.63, 3.8) is 0 Å². The van der Waals surface area contributed by atoms with E-state index < -0.39 is 0 Å². The number of hydrogen-bond donors (Lipinski definition) is 0. The van der Waals surface area contributed by atoms with Crippen molar-refractivity contribution in [2.75, 3.05) is 0 Å². The quantitative estimate of drug-likeness (QED) is 0.152. The number of nitrogens with zero attached hydrogens (tertiary/aromatic N) is 1. The highest BCUT2D eigenvalue weighted by atomic mass is 15.0. The summed E-state index contributed by atoms with van der Waals surface area (Å²) in [4.78, 5) is 0. The summed E-state index contributed by atoms with van der Waals surface area (Å²) in [6.45, 7) is 4.85. The second-order valence-corrected chi connectivity index (χ2v) is 16.1. The molecule has 9 aromatic carbocycles. The van der Waals surface area contributed by atoms with Gasteiger partial charge in [0.25, 0.3) is 0 Å². The maximum Gasteiger partial charge on any atom is 0.0544 e. The van der Waals surface area contributed by atoms with Crippen LogP contribution in [0.2, 0.25) is 0 Å². The molecule has 0 saturated carbocycles. The zero-order chi connectivity index (χ0) is 36.7. The lowest BCUT2D eigenvalue weighted by Gasteiger charge is -2.23. The van der Waals surface area contributed by atoms with Crippen LogP contribution in [0.4, 0.5) is 0 Å². The van der Waals surface area contributed by atoms with Crippen LogP contribution in [0, 0.1) is 0 Å². The number of aromatic nitrogens is 1. The zero-order valence-electron chi connectivity index (χ0n) is 31.3. The van der Waals surface area contributed by atoms with E-state index >= 15 is 0 Å². The lowest BCUT2D eigenvalue weighted by Crippen LogP contribution is -2.16. The standard InChI is InChI=1S/C54H41N/c1-54(2)50-31-36(30-38(37-17-7-4-8-18-37)29-35-15-5-3-6-16-35)25-27-45(50)48-33-49-46-23-13-14-24-52(46)55(53(49)34-51(48)54)39-26-28-44-42-21-10-9-19-40(42)41-20-11-12-22-43(41)47(44)32-39/h3-28,31-34,38H,29-30H2,1-2H3. The Morgan fingerprint density at radius 1 is 0.400 bits per heavy atom. The lowest BCUT2D eigenvalue weighted by atomic mass is 9.80. The summed E-state index contributed by atoms with van der Waals surface area (Å²) in [6, 6.07) is 68.1. The summed E-state index contributed by atoms with van der Waals surface area (Å²) in [7, 11) is 0. The van der Waals surface area contributed by atoms with Crippen LogP contribution in [0.5, 0.6) is 0 Å². The van der Waals surface area contributed by atoms with Gasteiger partial charge in [-0.3, -0.25) is 0 Å². The molecular formula is C54H41N. The predicted octanol–water partition coefficient (Wildman–Crippen LogP) is 14.1. The summed E-state index contributed by atoms with van der Waals surface area (Å²) in [6.07, 6.45) is 2.02. The first-order chi connectivity index (χ1) is 27.0. The van der Waals surface area contributed by atoms with Gasteiger partial charge in [-0.1, -0.05) is 166 Å². The molecular weight excluding hydrogens is 663 g/mol. The molecule has 1 heterocycles. The Morgan fingerprint density at radius 2 is 0.964 bits per heavy atom. The molecule has 1 aliphatic carbocycles. The molecule has 0 radical (unpaired) electrons. The van der Waals surface area contributed by atoms with Crippen molar-refractivity contribution >= 4 is 54.1 Å². The Kier molecular flexibility index (Phi) is 7.16. The molecule has 0 aliphatic heterocycles. The molecule has 0 bridgehead atoms.